The zero-order valence-corrected chi connectivity index (χ0v) is 18.0. The topological polar surface area (TPSA) is 88.5 Å². The Bertz CT molecular complexity index is 1250. The highest BCUT2D eigenvalue weighted by molar-refractivity contribution is 6.07. The number of rotatable bonds is 4. The van der Waals surface area contributed by atoms with Crippen LogP contribution < -0.4 is 9.47 Å². The van der Waals surface area contributed by atoms with Gasteiger partial charge in [0.2, 0.25) is 18.9 Å². The van der Waals surface area contributed by atoms with Crippen LogP contribution in [0.2, 0.25) is 0 Å². The van der Waals surface area contributed by atoms with E-state index in [0.29, 0.717) is 22.8 Å². The molecule has 8 nitrogen and oxygen atoms in total. The van der Waals surface area contributed by atoms with E-state index in [2.05, 4.69) is 0 Å². The molecule has 168 valence electrons. The van der Waals surface area contributed by atoms with Crippen LogP contribution in [0.15, 0.2) is 60.0 Å². The van der Waals surface area contributed by atoms with Crippen LogP contribution in [0, 0.1) is 0 Å². The van der Waals surface area contributed by atoms with Gasteiger partial charge < -0.3 is 24.2 Å². The van der Waals surface area contributed by atoms with Gasteiger partial charge in [-0.2, -0.15) is 0 Å². The molecule has 1 N–H and O–H groups in total. The molecule has 33 heavy (non-hydrogen) atoms. The van der Waals surface area contributed by atoms with Crippen LogP contribution in [0.3, 0.4) is 0 Å². The summed E-state index contributed by atoms with van der Waals surface area (Å²) >= 11 is 0. The fraction of sp³-hybridized carbons (Fsp3) is 0.280. The molecule has 0 radical (unpaired) electrons. The van der Waals surface area contributed by atoms with E-state index in [1.807, 2.05) is 36.4 Å². The van der Waals surface area contributed by atoms with Gasteiger partial charge in [-0.25, -0.2) is 0 Å². The van der Waals surface area contributed by atoms with E-state index in [4.69, 9.17) is 14.2 Å². The molecule has 0 bridgehead atoms. The summed E-state index contributed by atoms with van der Waals surface area (Å²) in [6, 6.07) is 12.8. The van der Waals surface area contributed by atoms with Crippen molar-refractivity contribution in [1.29, 1.82) is 0 Å². The van der Waals surface area contributed by atoms with Crippen LogP contribution in [-0.4, -0.2) is 52.7 Å². The largest absolute Gasteiger partial charge is 0.463 e. The Morgan fingerprint density at radius 1 is 1.12 bits per heavy atom. The van der Waals surface area contributed by atoms with Gasteiger partial charge in [0.25, 0.3) is 5.91 Å². The Morgan fingerprint density at radius 3 is 2.79 bits per heavy atom. The molecule has 6 rings (SSSR count). The first-order chi connectivity index (χ1) is 16.1. The number of amides is 2. The second-order valence-corrected chi connectivity index (χ2v) is 8.47. The number of fused-ring (bicyclic) bond motifs is 3. The van der Waals surface area contributed by atoms with Gasteiger partial charge in [0.05, 0.1) is 12.6 Å². The maximum Gasteiger partial charge on any atom is 0.275 e. The molecule has 0 saturated carbocycles. The predicted molar refractivity (Wildman–Crippen MR) is 117 cm³/mol. The zero-order valence-electron chi connectivity index (χ0n) is 18.0. The lowest BCUT2D eigenvalue weighted by Crippen LogP contribution is -2.55. The summed E-state index contributed by atoms with van der Waals surface area (Å²) < 4.78 is 17.3. The van der Waals surface area contributed by atoms with Crippen LogP contribution >= 0.6 is 0 Å². The van der Waals surface area contributed by atoms with E-state index in [0.717, 1.165) is 23.1 Å². The summed E-state index contributed by atoms with van der Waals surface area (Å²) in [7, 11) is 0. The normalized spacial score (nSPS) is 21.8. The van der Waals surface area contributed by atoms with Crippen molar-refractivity contribution in [2.75, 3.05) is 19.9 Å². The standard InChI is InChI=1S/C25H22N2O6/c1-14(12-28)26-11-21(29)27-22(24(26)30)23(18-8-6-15-4-2-3-5-17(15)18)33-25(27)16-7-9-19-20(10-16)32-13-31-19/h2-5,7-10,14,25,28H,6,11-13H2,1H3/t14-,25+/m0/s1. The predicted octanol–water partition coefficient (Wildman–Crippen LogP) is 2.35. The number of hydrogen-bond acceptors (Lipinski definition) is 6. The average molecular weight is 446 g/mol. The molecule has 3 heterocycles. The quantitative estimate of drug-likeness (QED) is 0.776. The fourth-order valence-electron chi connectivity index (χ4n) is 4.76. The maximum atomic E-state index is 13.6. The monoisotopic (exact) mass is 446 g/mol. The minimum Gasteiger partial charge on any atom is -0.463 e. The van der Waals surface area contributed by atoms with Crippen molar-refractivity contribution in [3.05, 3.63) is 76.7 Å². The molecule has 2 aromatic carbocycles. The lowest BCUT2D eigenvalue weighted by molar-refractivity contribution is -0.152. The van der Waals surface area contributed by atoms with E-state index in [1.165, 1.54) is 9.80 Å². The van der Waals surface area contributed by atoms with E-state index < -0.39 is 12.3 Å². The maximum absolute atomic E-state index is 13.6. The van der Waals surface area contributed by atoms with Gasteiger partial charge in [-0.3, -0.25) is 14.5 Å². The van der Waals surface area contributed by atoms with Gasteiger partial charge in [-0.1, -0.05) is 30.3 Å². The van der Waals surface area contributed by atoms with Crippen LogP contribution in [0.5, 0.6) is 11.5 Å². The molecule has 1 saturated heterocycles. The van der Waals surface area contributed by atoms with Crippen LogP contribution in [0.1, 0.15) is 29.8 Å². The molecule has 0 spiro atoms. The third-order valence-corrected chi connectivity index (χ3v) is 6.51. The van der Waals surface area contributed by atoms with Gasteiger partial charge >= 0.3 is 0 Å². The molecule has 3 aliphatic heterocycles. The van der Waals surface area contributed by atoms with Crippen molar-refractivity contribution in [1.82, 2.24) is 9.80 Å². The Kier molecular flexibility index (Phi) is 4.45. The molecule has 1 fully saturated rings. The minimum atomic E-state index is -0.804. The van der Waals surface area contributed by atoms with Crippen LogP contribution in [-0.2, 0) is 20.7 Å². The van der Waals surface area contributed by atoms with Crippen LogP contribution in [0.4, 0.5) is 0 Å². The molecule has 4 aliphatic rings. The van der Waals surface area contributed by atoms with E-state index in [-0.39, 0.29) is 37.5 Å². The number of allylic oxidation sites excluding steroid dienone is 2. The average Bonchev–Trinajstić information content (AvgIpc) is 3.56. The van der Waals surface area contributed by atoms with Crippen molar-refractivity contribution >= 4 is 17.4 Å². The minimum absolute atomic E-state index is 0.128. The molecule has 2 atom stereocenters. The van der Waals surface area contributed by atoms with Gasteiger partial charge in [0.15, 0.2) is 23.0 Å². The first kappa shape index (κ1) is 19.9. The first-order valence-corrected chi connectivity index (χ1v) is 10.9. The summed E-state index contributed by atoms with van der Waals surface area (Å²) in [5.41, 5.74) is 3.81. The third kappa shape index (κ3) is 2.94. The smallest absolute Gasteiger partial charge is 0.275 e. The fourth-order valence-corrected chi connectivity index (χ4v) is 4.76. The van der Waals surface area contributed by atoms with Gasteiger partial charge in [0.1, 0.15) is 6.54 Å². The molecule has 2 amide bonds. The summed E-state index contributed by atoms with van der Waals surface area (Å²) in [4.78, 5) is 29.8. The molecular formula is C25H22N2O6. The summed E-state index contributed by atoms with van der Waals surface area (Å²) in [5, 5.41) is 9.66. The van der Waals surface area contributed by atoms with Crippen molar-refractivity contribution in [2.45, 2.75) is 25.6 Å². The van der Waals surface area contributed by atoms with Crippen molar-refractivity contribution in [3.63, 3.8) is 0 Å². The highest BCUT2D eigenvalue weighted by atomic mass is 16.7. The SMILES string of the molecule is C[C@@H](CO)N1CC(=O)N2C(=C(C3=CCc4ccccc43)O[C@@H]2c2ccc3c(c2)OCO3)C1=O. The van der Waals surface area contributed by atoms with E-state index >= 15 is 0 Å². The highest BCUT2D eigenvalue weighted by Crippen LogP contribution is 2.47. The second-order valence-electron chi connectivity index (χ2n) is 8.47. The Labute approximate surface area is 190 Å². The third-order valence-electron chi connectivity index (χ3n) is 6.51. The number of piperazine rings is 1. The number of carbonyl (C=O) groups excluding carboxylic acids is 2. The van der Waals surface area contributed by atoms with E-state index in [1.54, 1.807) is 19.1 Å². The first-order valence-electron chi connectivity index (χ1n) is 10.9. The Balaban J connectivity index is 1.47. The molecule has 0 unspecified atom stereocenters. The number of nitrogens with zero attached hydrogens (tertiary/aromatic N) is 2. The Morgan fingerprint density at radius 2 is 1.94 bits per heavy atom. The van der Waals surface area contributed by atoms with Crippen molar-refractivity contribution in [3.8, 4) is 11.5 Å². The summed E-state index contributed by atoms with van der Waals surface area (Å²) in [6.45, 7) is 1.49. The molecular weight excluding hydrogens is 424 g/mol. The number of aliphatic hydroxyl groups is 1. The lowest BCUT2D eigenvalue weighted by atomic mass is 10.0. The van der Waals surface area contributed by atoms with Gasteiger partial charge in [-0.15, -0.1) is 0 Å². The number of carbonyl (C=O) groups is 2. The second kappa shape index (κ2) is 7.38. The number of benzene rings is 2. The molecule has 2 aromatic rings. The summed E-state index contributed by atoms with van der Waals surface area (Å²) in [5.74, 6) is 0.981. The highest BCUT2D eigenvalue weighted by Gasteiger charge is 2.49. The lowest BCUT2D eigenvalue weighted by Gasteiger charge is -2.37. The Hall–Kier alpha value is -3.78. The number of hydrogen-bond donors (Lipinski definition) is 1. The van der Waals surface area contributed by atoms with Crippen LogP contribution in [0.25, 0.3) is 5.57 Å². The van der Waals surface area contributed by atoms with E-state index in [9.17, 15) is 14.7 Å². The zero-order chi connectivity index (χ0) is 22.7. The molecule has 8 heteroatoms. The van der Waals surface area contributed by atoms with Crippen molar-refractivity contribution in [2.24, 2.45) is 0 Å². The number of aliphatic hydroxyl groups excluding tert-OH is 1. The molecule has 0 aromatic heterocycles. The van der Waals surface area contributed by atoms with Gasteiger partial charge in [0, 0.05) is 11.1 Å². The summed E-state index contributed by atoms with van der Waals surface area (Å²) in [6.07, 6.45) is 1.94. The van der Waals surface area contributed by atoms with Gasteiger partial charge in [-0.05, 0) is 42.7 Å². The van der Waals surface area contributed by atoms with Crippen molar-refractivity contribution < 1.29 is 28.9 Å². The number of ether oxygens (including phenoxy) is 3. The molecule has 1 aliphatic carbocycles.